The standard InChI is InChI=1S/C14H20BrNO2/c1-3-4-5-10(2)16-8-11-6-13-14(7-12(11)15)18-9-17-13/h6-7,10,16H,3-5,8-9H2,1-2H3. The topological polar surface area (TPSA) is 30.5 Å². The molecule has 18 heavy (non-hydrogen) atoms. The highest BCUT2D eigenvalue weighted by Crippen LogP contribution is 2.36. The van der Waals surface area contributed by atoms with Gasteiger partial charge in [-0.1, -0.05) is 35.7 Å². The molecular weight excluding hydrogens is 294 g/mol. The van der Waals surface area contributed by atoms with Crippen LogP contribution < -0.4 is 14.8 Å². The van der Waals surface area contributed by atoms with Gasteiger partial charge in [-0.25, -0.2) is 0 Å². The molecular formula is C14H20BrNO2. The first-order valence-corrected chi connectivity index (χ1v) is 7.31. The number of halogens is 1. The highest BCUT2D eigenvalue weighted by molar-refractivity contribution is 9.10. The average Bonchev–Trinajstić information content (AvgIpc) is 2.80. The number of unbranched alkanes of at least 4 members (excludes halogenated alkanes) is 1. The number of hydrogen-bond acceptors (Lipinski definition) is 3. The van der Waals surface area contributed by atoms with Gasteiger partial charge in [-0.2, -0.15) is 0 Å². The molecule has 1 heterocycles. The molecule has 4 heteroatoms. The van der Waals surface area contributed by atoms with Gasteiger partial charge < -0.3 is 14.8 Å². The summed E-state index contributed by atoms with van der Waals surface area (Å²) < 4.78 is 11.8. The number of benzene rings is 1. The van der Waals surface area contributed by atoms with E-state index in [1.54, 1.807) is 0 Å². The predicted molar refractivity (Wildman–Crippen MR) is 76.1 cm³/mol. The van der Waals surface area contributed by atoms with E-state index in [0.29, 0.717) is 12.8 Å². The minimum absolute atomic E-state index is 0.325. The fraction of sp³-hybridized carbons (Fsp3) is 0.571. The molecule has 0 saturated heterocycles. The molecule has 0 aromatic heterocycles. The summed E-state index contributed by atoms with van der Waals surface area (Å²) in [6.07, 6.45) is 3.74. The Hall–Kier alpha value is -0.740. The number of rotatable bonds is 6. The lowest BCUT2D eigenvalue weighted by Gasteiger charge is -2.14. The Bertz CT molecular complexity index is 409. The maximum absolute atomic E-state index is 5.39. The van der Waals surface area contributed by atoms with Crippen LogP contribution >= 0.6 is 15.9 Å². The van der Waals surface area contributed by atoms with Gasteiger partial charge in [0, 0.05) is 17.1 Å². The van der Waals surface area contributed by atoms with Crippen LogP contribution in [0.5, 0.6) is 11.5 Å². The Morgan fingerprint density at radius 2 is 2.06 bits per heavy atom. The van der Waals surface area contributed by atoms with Gasteiger partial charge in [0.2, 0.25) is 6.79 Å². The third kappa shape index (κ3) is 3.39. The normalized spacial score (nSPS) is 14.8. The molecule has 0 spiro atoms. The van der Waals surface area contributed by atoms with Crippen LogP contribution in [0.1, 0.15) is 38.7 Å². The Labute approximate surface area is 117 Å². The van der Waals surface area contributed by atoms with Crippen molar-refractivity contribution in [2.45, 2.75) is 45.7 Å². The summed E-state index contributed by atoms with van der Waals surface area (Å²) in [6, 6.07) is 4.57. The monoisotopic (exact) mass is 313 g/mol. The van der Waals surface area contributed by atoms with E-state index >= 15 is 0 Å². The van der Waals surface area contributed by atoms with Crippen molar-refractivity contribution in [2.24, 2.45) is 0 Å². The van der Waals surface area contributed by atoms with Crippen LogP contribution in [-0.2, 0) is 6.54 Å². The second kappa shape index (κ2) is 6.43. The van der Waals surface area contributed by atoms with Crippen molar-refractivity contribution in [1.29, 1.82) is 0 Å². The molecule has 0 saturated carbocycles. The zero-order valence-electron chi connectivity index (χ0n) is 11.0. The average molecular weight is 314 g/mol. The number of ether oxygens (including phenoxy) is 2. The van der Waals surface area contributed by atoms with Crippen molar-refractivity contribution in [3.8, 4) is 11.5 Å². The van der Waals surface area contributed by atoms with E-state index in [1.807, 2.05) is 12.1 Å². The lowest BCUT2D eigenvalue weighted by Crippen LogP contribution is -2.25. The second-order valence-electron chi connectivity index (χ2n) is 4.72. The molecule has 0 amide bonds. The van der Waals surface area contributed by atoms with Crippen LogP contribution in [0.2, 0.25) is 0 Å². The van der Waals surface area contributed by atoms with Crippen LogP contribution in [0.15, 0.2) is 16.6 Å². The third-order valence-electron chi connectivity index (χ3n) is 3.17. The smallest absolute Gasteiger partial charge is 0.231 e. The van der Waals surface area contributed by atoms with Crippen LogP contribution in [0, 0.1) is 0 Å². The van der Waals surface area contributed by atoms with Gasteiger partial charge in [0.25, 0.3) is 0 Å². The quantitative estimate of drug-likeness (QED) is 0.865. The summed E-state index contributed by atoms with van der Waals surface area (Å²) in [5.74, 6) is 1.67. The first-order chi connectivity index (χ1) is 8.70. The van der Waals surface area contributed by atoms with E-state index in [4.69, 9.17) is 9.47 Å². The Kier molecular flexibility index (Phi) is 4.89. The zero-order chi connectivity index (χ0) is 13.0. The van der Waals surface area contributed by atoms with E-state index in [9.17, 15) is 0 Å². The van der Waals surface area contributed by atoms with Gasteiger partial charge in [-0.15, -0.1) is 0 Å². The molecule has 1 aromatic carbocycles. The Morgan fingerprint density at radius 1 is 1.33 bits per heavy atom. The molecule has 1 atom stereocenters. The fourth-order valence-electron chi connectivity index (χ4n) is 1.99. The minimum atomic E-state index is 0.325. The molecule has 1 aliphatic heterocycles. The van der Waals surface area contributed by atoms with Crippen molar-refractivity contribution in [1.82, 2.24) is 5.32 Å². The van der Waals surface area contributed by atoms with E-state index in [2.05, 4.69) is 35.1 Å². The van der Waals surface area contributed by atoms with Gasteiger partial charge in [0.15, 0.2) is 11.5 Å². The van der Waals surface area contributed by atoms with E-state index < -0.39 is 0 Å². The van der Waals surface area contributed by atoms with Crippen LogP contribution in [-0.4, -0.2) is 12.8 Å². The molecule has 3 nitrogen and oxygen atoms in total. The van der Waals surface area contributed by atoms with E-state index in [0.717, 1.165) is 22.5 Å². The van der Waals surface area contributed by atoms with Crippen molar-refractivity contribution in [3.05, 3.63) is 22.2 Å². The summed E-state index contributed by atoms with van der Waals surface area (Å²) in [5.41, 5.74) is 1.21. The van der Waals surface area contributed by atoms with Gasteiger partial charge in [-0.05, 0) is 31.0 Å². The minimum Gasteiger partial charge on any atom is -0.454 e. The summed E-state index contributed by atoms with van der Waals surface area (Å²) in [6.45, 7) is 5.63. The number of hydrogen-bond donors (Lipinski definition) is 1. The van der Waals surface area contributed by atoms with Crippen molar-refractivity contribution in [2.75, 3.05) is 6.79 Å². The fourth-order valence-corrected chi connectivity index (χ4v) is 2.45. The van der Waals surface area contributed by atoms with Crippen molar-refractivity contribution in [3.63, 3.8) is 0 Å². The maximum atomic E-state index is 5.39. The molecule has 2 rings (SSSR count). The van der Waals surface area contributed by atoms with Gasteiger partial charge >= 0.3 is 0 Å². The first kappa shape index (κ1) is 13.7. The summed E-state index contributed by atoms with van der Waals surface area (Å²) >= 11 is 3.58. The molecule has 100 valence electrons. The number of nitrogens with one attached hydrogen (secondary N) is 1. The Morgan fingerprint density at radius 3 is 2.78 bits per heavy atom. The van der Waals surface area contributed by atoms with E-state index in [-0.39, 0.29) is 0 Å². The SMILES string of the molecule is CCCCC(C)NCc1cc2c(cc1Br)OCO2. The predicted octanol–water partition coefficient (Wildman–Crippen LogP) is 3.85. The summed E-state index contributed by atoms with van der Waals surface area (Å²) in [4.78, 5) is 0. The molecule has 1 aliphatic rings. The van der Waals surface area contributed by atoms with Crippen LogP contribution in [0.4, 0.5) is 0 Å². The lowest BCUT2D eigenvalue weighted by molar-refractivity contribution is 0.174. The van der Waals surface area contributed by atoms with Crippen molar-refractivity contribution >= 4 is 15.9 Å². The Balaban J connectivity index is 1.93. The summed E-state index contributed by atoms with van der Waals surface area (Å²) in [7, 11) is 0. The molecule has 1 aromatic rings. The van der Waals surface area contributed by atoms with Crippen LogP contribution in [0.25, 0.3) is 0 Å². The molecule has 1 unspecified atom stereocenters. The molecule has 0 aliphatic carbocycles. The molecule has 1 N–H and O–H groups in total. The number of fused-ring (bicyclic) bond motifs is 1. The lowest BCUT2D eigenvalue weighted by atomic mass is 10.1. The zero-order valence-corrected chi connectivity index (χ0v) is 12.5. The third-order valence-corrected chi connectivity index (χ3v) is 3.91. The molecule has 0 fully saturated rings. The summed E-state index contributed by atoms with van der Waals surface area (Å²) in [5, 5.41) is 3.54. The molecule has 0 bridgehead atoms. The van der Waals surface area contributed by atoms with E-state index in [1.165, 1.54) is 24.8 Å². The van der Waals surface area contributed by atoms with Gasteiger partial charge in [-0.3, -0.25) is 0 Å². The van der Waals surface area contributed by atoms with Crippen LogP contribution in [0.3, 0.4) is 0 Å². The maximum Gasteiger partial charge on any atom is 0.231 e. The first-order valence-electron chi connectivity index (χ1n) is 6.52. The van der Waals surface area contributed by atoms with Crippen molar-refractivity contribution < 1.29 is 9.47 Å². The largest absolute Gasteiger partial charge is 0.454 e. The van der Waals surface area contributed by atoms with Gasteiger partial charge in [0.1, 0.15) is 0 Å². The highest BCUT2D eigenvalue weighted by Gasteiger charge is 2.16. The molecule has 0 radical (unpaired) electrons. The highest BCUT2D eigenvalue weighted by atomic mass is 79.9. The second-order valence-corrected chi connectivity index (χ2v) is 5.58. The van der Waals surface area contributed by atoms with Gasteiger partial charge in [0.05, 0.1) is 0 Å².